The van der Waals surface area contributed by atoms with Crippen LogP contribution in [0.3, 0.4) is 0 Å². The van der Waals surface area contributed by atoms with E-state index in [4.69, 9.17) is 16.3 Å². The normalized spacial score (nSPS) is 21.2. The lowest BCUT2D eigenvalue weighted by molar-refractivity contribution is 0.354. The van der Waals surface area contributed by atoms with Crippen molar-refractivity contribution >= 4 is 31.5 Å². The molecule has 1 unspecified atom stereocenters. The van der Waals surface area contributed by atoms with E-state index in [2.05, 4.69) is 0 Å². The van der Waals surface area contributed by atoms with Crippen LogP contribution in [0.25, 0.3) is 0 Å². The lowest BCUT2D eigenvalue weighted by Crippen LogP contribution is -2.40. The molecule has 1 atom stereocenters. The fourth-order valence-corrected chi connectivity index (χ4v) is 6.41. The van der Waals surface area contributed by atoms with Crippen LogP contribution in [0.5, 0.6) is 5.75 Å². The Kier molecular flexibility index (Phi) is 5.06. The molecule has 1 heterocycles. The Hall–Kier alpha value is -0.830. The largest absolute Gasteiger partial charge is 0.495 e. The lowest BCUT2D eigenvalue weighted by Gasteiger charge is -2.26. The Morgan fingerprint density at radius 2 is 2.09 bits per heavy atom. The number of sulfonamides is 1. The number of hydrogen-bond acceptors (Lipinski definition) is 5. The van der Waals surface area contributed by atoms with Crippen molar-refractivity contribution in [3.8, 4) is 5.75 Å². The number of hydrogen-bond donors (Lipinski definition) is 0. The summed E-state index contributed by atoms with van der Waals surface area (Å²) in [5.41, 5.74) is 0. The maximum Gasteiger partial charge on any atom is 0.243 e. The second-order valence-electron chi connectivity index (χ2n) is 5.06. The van der Waals surface area contributed by atoms with Crippen molar-refractivity contribution in [3.05, 3.63) is 23.2 Å². The molecule has 1 aliphatic rings. The maximum absolute atomic E-state index is 12.7. The van der Waals surface area contributed by atoms with Gasteiger partial charge in [0.1, 0.15) is 5.75 Å². The summed E-state index contributed by atoms with van der Waals surface area (Å²) in [7, 11) is -5.53. The first-order chi connectivity index (χ1) is 10.2. The first kappa shape index (κ1) is 17.5. The van der Waals surface area contributed by atoms with Gasteiger partial charge in [-0.1, -0.05) is 18.5 Å². The third-order valence-corrected chi connectivity index (χ3v) is 7.73. The van der Waals surface area contributed by atoms with Gasteiger partial charge in [-0.25, -0.2) is 16.8 Å². The highest BCUT2D eigenvalue weighted by atomic mass is 35.5. The fourth-order valence-electron chi connectivity index (χ4n) is 2.57. The summed E-state index contributed by atoms with van der Waals surface area (Å²) in [5, 5.41) is 0.193. The molecule has 0 saturated carbocycles. The van der Waals surface area contributed by atoms with Crippen LogP contribution in [0, 0.1) is 0 Å². The van der Waals surface area contributed by atoms with Crippen molar-refractivity contribution in [2.45, 2.75) is 24.3 Å². The number of nitrogens with zero attached hydrogens (tertiary/aromatic N) is 1. The van der Waals surface area contributed by atoms with Crippen LogP contribution in [-0.2, 0) is 19.9 Å². The number of halogens is 1. The minimum Gasteiger partial charge on any atom is -0.495 e. The Morgan fingerprint density at radius 1 is 1.41 bits per heavy atom. The number of rotatable bonds is 5. The van der Waals surface area contributed by atoms with E-state index in [1.165, 1.54) is 29.6 Å². The summed E-state index contributed by atoms with van der Waals surface area (Å²) in [4.78, 5) is 0.0319. The van der Waals surface area contributed by atoms with Crippen LogP contribution in [0.1, 0.15) is 13.3 Å². The molecule has 9 heteroatoms. The summed E-state index contributed by atoms with van der Waals surface area (Å²) in [6.07, 6.45) is 0.319. The van der Waals surface area contributed by atoms with Crippen LogP contribution in [0.4, 0.5) is 0 Å². The predicted octanol–water partition coefficient (Wildman–Crippen LogP) is 1.55. The molecule has 0 N–H and O–H groups in total. The molecule has 1 aromatic carbocycles. The molecule has 1 aliphatic heterocycles. The minimum atomic E-state index is -3.80. The van der Waals surface area contributed by atoms with Crippen LogP contribution >= 0.6 is 11.6 Å². The van der Waals surface area contributed by atoms with Crippen molar-refractivity contribution in [2.75, 3.05) is 25.2 Å². The summed E-state index contributed by atoms with van der Waals surface area (Å²) in [5.74, 6) is 0.268. The topological polar surface area (TPSA) is 80.8 Å². The Bertz CT molecular complexity index is 761. The molecule has 124 valence electrons. The molecular formula is C13H18ClNO5S2. The van der Waals surface area contributed by atoms with E-state index in [1.54, 1.807) is 6.92 Å². The van der Waals surface area contributed by atoms with Crippen molar-refractivity contribution in [3.63, 3.8) is 0 Å². The third-order valence-electron chi connectivity index (χ3n) is 3.66. The van der Waals surface area contributed by atoms with Gasteiger partial charge in [0, 0.05) is 12.6 Å². The van der Waals surface area contributed by atoms with E-state index in [9.17, 15) is 16.8 Å². The summed E-state index contributed by atoms with van der Waals surface area (Å²) >= 11 is 5.98. The van der Waals surface area contributed by atoms with E-state index < -0.39 is 25.9 Å². The van der Waals surface area contributed by atoms with Crippen LogP contribution in [-0.4, -0.2) is 52.3 Å². The van der Waals surface area contributed by atoms with Crippen LogP contribution in [0.15, 0.2) is 23.1 Å². The molecule has 2 rings (SSSR count). The van der Waals surface area contributed by atoms with Gasteiger partial charge in [-0.2, -0.15) is 4.31 Å². The highest BCUT2D eigenvalue weighted by Crippen LogP contribution is 2.30. The highest BCUT2D eigenvalue weighted by Gasteiger charge is 2.38. The molecule has 6 nitrogen and oxygen atoms in total. The Morgan fingerprint density at radius 3 is 2.55 bits per heavy atom. The van der Waals surface area contributed by atoms with Crippen LogP contribution < -0.4 is 4.74 Å². The van der Waals surface area contributed by atoms with Crippen molar-refractivity contribution in [2.24, 2.45) is 0 Å². The maximum atomic E-state index is 12.7. The monoisotopic (exact) mass is 367 g/mol. The number of benzene rings is 1. The van der Waals surface area contributed by atoms with Gasteiger partial charge in [0.15, 0.2) is 9.84 Å². The zero-order valence-corrected chi connectivity index (χ0v) is 14.7. The second kappa shape index (κ2) is 6.35. The number of ether oxygens (including phenoxy) is 1. The first-order valence-electron chi connectivity index (χ1n) is 6.77. The smallest absolute Gasteiger partial charge is 0.243 e. The first-order valence-corrected chi connectivity index (χ1v) is 10.4. The zero-order chi connectivity index (χ0) is 16.5. The zero-order valence-electron chi connectivity index (χ0n) is 12.3. The molecule has 0 radical (unpaired) electrons. The van der Waals surface area contributed by atoms with E-state index in [0.717, 1.165) is 0 Å². The number of methoxy groups -OCH3 is 1. The highest BCUT2D eigenvalue weighted by molar-refractivity contribution is 7.92. The van der Waals surface area contributed by atoms with Gasteiger partial charge in [0.25, 0.3) is 0 Å². The van der Waals surface area contributed by atoms with Gasteiger partial charge >= 0.3 is 0 Å². The lowest BCUT2D eigenvalue weighted by atomic mass is 10.3. The molecule has 0 spiro atoms. The summed E-state index contributed by atoms with van der Waals surface area (Å²) < 4.78 is 54.9. The van der Waals surface area contributed by atoms with Crippen molar-refractivity contribution in [1.82, 2.24) is 4.31 Å². The Balaban J connectivity index is 2.37. The van der Waals surface area contributed by atoms with E-state index in [0.29, 0.717) is 12.2 Å². The SMILES string of the molecule is CCN(C1CCS(=O)(=O)C1)S(=O)(=O)c1ccc(OC)c(Cl)c1. The molecule has 0 aromatic heterocycles. The van der Waals surface area contributed by atoms with E-state index in [-0.39, 0.29) is 28.0 Å². The van der Waals surface area contributed by atoms with E-state index in [1.807, 2.05) is 0 Å². The standard InChI is InChI=1S/C13H18ClNO5S2/c1-3-15(10-6-7-21(16,17)9-10)22(18,19)11-4-5-13(20-2)12(14)8-11/h4-5,8,10H,3,6-7,9H2,1-2H3. The molecule has 1 aromatic rings. The molecule has 0 aliphatic carbocycles. The molecule has 0 bridgehead atoms. The minimum absolute atomic E-state index is 0.0209. The van der Waals surface area contributed by atoms with Gasteiger partial charge in [0.05, 0.1) is 28.5 Å². The van der Waals surface area contributed by atoms with Gasteiger partial charge in [0.2, 0.25) is 10.0 Å². The van der Waals surface area contributed by atoms with Gasteiger partial charge in [-0.3, -0.25) is 0 Å². The molecular weight excluding hydrogens is 350 g/mol. The van der Waals surface area contributed by atoms with Crippen molar-refractivity contribution in [1.29, 1.82) is 0 Å². The molecule has 1 fully saturated rings. The molecule has 0 amide bonds. The molecule has 1 saturated heterocycles. The third kappa shape index (κ3) is 3.40. The van der Waals surface area contributed by atoms with Gasteiger partial charge in [-0.05, 0) is 24.6 Å². The predicted molar refractivity (Wildman–Crippen MR) is 84.6 cm³/mol. The van der Waals surface area contributed by atoms with Crippen molar-refractivity contribution < 1.29 is 21.6 Å². The van der Waals surface area contributed by atoms with Crippen LogP contribution in [0.2, 0.25) is 5.02 Å². The van der Waals surface area contributed by atoms with Gasteiger partial charge in [-0.15, -0.1) is 0 Å². The average molecular weight is 368 g/mol. The Labute approximate surface area is 136 Å². The number of sulfone groups is 1. The summed E-state index contributed by atoms with van der Waals surface area (Å²) in [6, 6.07) is 3.68. The van der Waals surface area contributed by atoms with Gasteiger partial charge < -0.3 is 4.74 Å². The molecule has 22 heavy (non-hydrogen) atoms. The fraction of sp³-hybridized carbons (Fsp3) is 0.538. The quantitative estimate of drug-likeness (QED) is 0.788. The van der Waals surface area contributed by atoms with E-state index >= 15 is 0 Å². The summed E-state index contributed by atoms with van der Waals surface area (Å²) in [6.45, 7) is 1.89. The second-order valence-corrected chi connectivity index (χ2v) is 9.59. The average Bonchev–Trinajstić information content (AvgIpc) is 2.79.